The summed E-state index contributed by atoms with van der Waals surface area (Å²) in [6.45, 7) is 9.46. The maximum atomic E-state index is 9.27. The van der Waals surface area contributed by atoms with Crippen molar-refractivity contribution in [1.29, 1.82) is 0 Å². The van der Waals surface area contributed by atoms with Crippen molar-refractivity contribution in [2.24, 2.45) is 0 Å². The van der Waals surface area contributed by atoms with E-state index in [1.54, 1.807) is 6.92 Å². The molecule has 2 unspecified atom stereocenters. The number of hydrogen-bond donors (Lipinski definition) is 1. The summed E-state index contributed by atoms with van der Waals surface area (Å²) in [5.41, 5.74) is -0.212. The summed E-state index contributed by atoms with van der Waals surface area (Å²) in [4.78, 5) is 2.19. The van der Waals surface area contributed by atoms with Gasteiger partial charge in [0.05, 0.1) is 12.7 Å². The fourth-order valence-electron chi connectivity index (χ4n) is 1.71. The topological polar surface area (TPSA) is 32.7 Å². The van der Waals surface area contributed by atoms with E-state index in [2.05, 4.69) is 11.8 Å². The molecule has 0 spiro atoms. The number of ether oxygens (including phenoxy) is 1. The lowest BCUT2D eigenvalue weighted by Gasteiger charge is -2.33. The van der Waals surface area contributed by atoms with Crippen molar-refractivity contribution in [1.82, 2.24) is 4.90 Å². The van der Waals surface area contributed by atoms with Gasteiger partial charge in [-0.2, -0.15) is 0 Å². The first-order valence-electron chi connectivity index (χ1n) is 4.52. The van der Waals surface area contributed by atoms with Crippen LogP contribution in [0.3, 0.4) is 0 Å². The van der Waals surface area contributed by atoms with Crippen LogP contribution in [0, 0.1) is 0 Å². The Bertz CT molecular complexity index is 157. The minimum atomic E-state index is -0.284. The lowest BCUT2D eigenvalue weighted by molar-refractivity contribution is -0.0653. The van der Waals surface area contributed by atoms with Crippen molar-refractivity contribution in [3.8, 4) is 0 Å². The Labute approximate surface area is 74.3 Å². The number of rotatable bonds is 2. The van der Waals surface area contributed by atoms with Gasteiger partial charge in [0.2, 0.25) is 0 Å². The van der Waals surface area contributed by atoms with Crippen LogP contribution in [0.25, 0.3) is 0 Å². The van der Waals surface area contributed by atoms with E-state index in [9.17, 15) is 5.11 Å². The summed E-state index contributed by atoms with van der Waals surface area (Å²) in [7, 11) is 0. The van der Waals surface area contributed by atoms with Crippen LogP contribution in [-0.4, -0.2) is 41.0 Å². The maximum Gasteiger partial charge on any atom is 0.116 e. The van der Waals surface area contributed by atoms with Crippen molar-refractivity contribution in [3.05, 3.63) is 0 Å². The fraction of sp³-hybridized carbons (Fsp3) is 1.00. The Morgan fingerprint density at radius 1 is 1.67 bits per heavy atom. The average molecular weight is 173 g/mol. The third kappa shape index (κ3) is 1.97. The van der Waals surface area contributed by atoms with Crippen LogP contribution < -0.4 is 0 Å². The molecule has 12 heavy (non-hydrogen) atoms. The van der Waals surface area contributed by atoms with E-state index in [0.29, 0.717) is 12.6 Å². The molecule has 3 heteroatoms. The molecule has 0 aromatic carbocycles. The van der Waals surface area contributed by atoms with Gasteiger partial charge in [0.15, 0.2) is 0 Å². The maximum absolute atomic E-state index is 9.27. The largest absolute Gasteiger partial charge is 0.392 e. The third-order valence-electron chi connectivity index (χ3n) is 2.36. The molecule has 1 heterocycles. The number of β-amino-alcohol motifs (C(OH)–C–C–N with tert-alkyl or cyclic N) is 1. The number of hydrogen-bond acceptors (Lipinski definition) is 3. The van der Waals surface area contributed by atoms with Gasteiger partial charge >= 0.3 is 0 Å². The zero-order valence-corrected chi connectivity index (χ0v) is 8.37. The van der Waals surface area contributed by atoms with E-state index in [4.69, 9.17) is 4.74 Å². The molecule has 0 radical (unpaired) electrons. The van der Waals surface area contributed by atoms with Gasteiger partial charge in [-0.25, -0.2) is 0 Å². The van der Waals surface area contributed by atoms with E-state index < -0.39 is 0 Å². The SMILES string of the molecule is CC(O)CN1C(C)COC1(C)C. The third-order valence-corrected chi connectivity index (χ3v) is 2.36. The first-order valence-corrected chi connectivity index (χ1v) is 4.52. The lowest BCUT2D eigenvalue weighted by Crippen LogP contribution is -2.46. The molecular formula is C9H19NO2. The summed E-state index contributed by atoms with van der Waals surface area (Å²) < 4.78 is 5.58. The molecule has 1 aliphatic heterocycles. The molecule has 2 atom stereocenters. The molecule has 1 saturated heterocycles. The quantitative estimate of drug-likeness (QED) is 0.671. The van der Waals surface area contributed by atoms with E-state index in [0.717, 1.165) is 6.61 Å². The van der Waals surface area contributed by atoms with Crippen LogP contribution in [0.5, 0.6) is 0 Å². The Morgan fingerprint density at radius 3 is 2.58 bits per heavy atom. The van der Waals surface area contributed by atoms with Crippen molar-refractivity contribution in [3.63, 3.8) is 0 Å². The van der Waals surface area contributed by atoms with Crippen LogP contribution >= 0.6 is 0 Å². The van der Waals surface area contributed by atoms with Crippen molar-refractivity contribution in [2.75, 3.05) is 13.2 Å². The molecule has 0 aromatic heterocycles. The standard InChI is InChI=1S/C9H19NO2/c1-7-6-12-9(3,4)10(7)5-8(2)11/h7-8,11H,5-6H2,1-4H3. The molecule has 0 saturated carbocycles. The molecule has 0 aliphatic carbocycles. The summed E-state index contributed by atoms with van der Waals surface area (Å²) in [6, 6.07) is 0.412. The van der Waals surface area contributed by atoms with Crippen LogP contribution in [0.1, 0.15) is 27.7 Å². The lowest BCUT2D eigenvalue weighted by atomic mass is 10.2. The highest BCUT2D eigenvalue weighted by molar-refractivity contribution is 4.84. The van der Waals surface area contributed by atoms with Gasteiger partial charge in [0, 0.05) is 12.6 Å². The summed E-state index contributed by atoms with van der Waals surface area (Å²) in [5.74, 6) is 0. The van der Waals surface area contributed by atoms with Gasteiger partial charge in [-0.1, -0.05) is 0 Å². The fourth-order valence-corrected chi connectivity index (χ4v) is 1.71. The number of aliphatic hydroxyl groups is 1. The minimum absolute atomic E-state index is 0.212. The molecule has 0 bridgehead atoms. The van der Waals surface area contributed by atoms with Crippen molar-refractivity contribution in [2.45, 2.75) is 45.6 Å². The molecule has 0 aromatic rings. The normalized spacial score (nSPS) is 32.2. The zero-order chi connectivity index (χ0) is 9.35. The van der Waals surface area contributed by atoms with E-state index in [1.165, 1.54) is 0 Å². The Kier molecular flexibility index (Phi) is 2.76. The molecule has 1 aliphatic rings. The number of nitrogens with zero attached hydrogens (tertiary/aromatic N) is 1. The van der Waals surface area contributed by atoms with E-state index >= 15 is 0 Å². The Hall–Kier alpha value is -0.120. The first-order chi connectivity index (χ1) is 5.43. The number of aliphatic hydroxyl groups excluding tert-OH is 1. The first kappa shape index (κ1) is 9.96. The second-order valence-corrected chi connectivity index (χ2v) is 4.11. The predicted octanol–water partition coefficient (Wildman–Crippen LogP) is 0.824. The highest BCUT2D eigenvalue weighted by atomic mass is 16.5. The molecule has 1 fully saturated rings. The van der Waals surface area contributed by atoms with E-state index in [-0.39, 0.29) is 11.8 Å². The summed E-state index contributed by atoms with van der Waals surface area (Å²) >= 11 is 0. The van der Waals surface area contributed by atoms with Gasteiger partial charge in [0.25, 0.3) is 0 Å². The molecule has 3 nitrogen and oxygen atoms in total. The summed E-state index contributed by atoms with van der Waals surface area (Å²) in [5, 5.41) is 9.27. The molecule has 1 rings (SSSR count). The second kappa shape index (κ2) is 3.32. The van der Waals surface area contributed by atoms with Gasteiger partial charge in [-0.05, 0) is 27.7 Å². The van der Waals surface area contributed by atoms with Gasteiger partial charge in [-0.15, -0.1) is 0 Å². The zero-order valence-electron chi connectivity index (χ0n) is 8.37. The highest BCUT2D eigenvalue weighted by Crippen LogP contribution is 2.26. The van der Waals surface area contributed by atoms with E-state index in [1.807, 2.05) is 13.8 Å². The second-order valence-electron chi connectivity index (χ2n) is 4.11. The monoisotopic (exact) mass is 173 g/mol. The molecule has 0 amide bonds. The van der Waals surface area contributed by atoms with Gasteiger partial charge < -0.3 is 9.84 Å². The van der Waals surface area contributed by atoms with Gasteiger partial charge in [-0.3, -0.25) is 4.90 Å². The van der Waals surface area contributed by atoms with Crippen LogP contribution in [0.15, 0.2) is 0 Å². The molecular weight excluding hydrogens is 154 g/mol. The predicted molar refractivity (Wildman–Crippen MR) is 47.9 cm³/mol. The van der Waals surface area contributed by atoms with Crippen LogP contribution in [0.4, 0.5) is 0 Å². The van der Waals surface area contributed by atoms with Crippen LogP contribution in [-0.2, 0) is 4.74 Å². The van der Waals surface area contributed by atoms with Crippen molar-refractivity contribution < 1.29 is 9.84 Å². The van der Waals surface area contributed by atoms with Gasteiger partial charge in [0.1, 0.15) is 5.72 Å². The average Bonchev–Trinajstić information content (AvgIpc) is 2.15. The Morgan fingerprint density at radius 2 is 2.25 bits per heavy atom. The Balaban J connectivity index is 2.59. The van der Waals surface area contributed by atoms with Crippen LogP contribution in [0.2, 0.25) is 0 Å². The molecule has 1 N–H and O–H groups in total. The minimum Gasteiger partial charge on any atom is -0.392 e. The summed E-state index contributed by atoms with van der Waals surface area (Å²) in [6.07, 6.45) is -0.284. The highest BCUT2D eigenvalue weighted by Gasteiger charge is 2.38. The van der Waals surface area contributed by atoms with Crippen molar-refractivity contribution >= 4 is 0 Å². The molecule has 72 valence electrons. The smallest absolute Gasteiger partial charge is 0.116 e.